The van der Waals surface area contributed by atoms with Crippen LogP contribution in [0.25, 0.3) is 0 Å². The molecule has 0 aromatic heterocycles. The van der Waals surface area contributed by atoms with Gasteiger partial charge in [0.05, 0.1) is 0 Å². The van der Waals surface area contributed by atoms with Gasteiger partial charge in [-0.05, 0) is 61.3 Å². The quantitative estimate of drug-likeness (QED) is 0.838. The normalized spacial score (nSPS) is 26.2. The Hall–Kier alpha value is -1.79. The van der Waals surface area contributed by atoms with Crippen LogP contribution in [0.5, 0.6) is 0 Å². The van der Waals surface area contributed by atoms with E-state index in [0.717, 1.165) is 23.1 Å². The van der Waals surface area contributed by atoms with Gasteiger partial charge in [0, 0.05) is 17.7 Å². The maximum atomic E-state index is 12.1. The Morgan fingerprint density at radius 1 is 1.24 bits per heavy atom. The average Bonchev–Trinajstić information content (AvgIpc) is 3.09. The smallest absolute Gasteiger partial charge is 0.224 e. The number of carbonyl (C=O) groups excluding carboxylic acids is 1. The second-order valence-corrected chi connectivity index (χ2v) is 6.22. The molecule has 0 radical (unpaired) electrons. The third-order valence-electron chi connectivity index (χ3n) is 4.81. The highest BCUT2D eigenvalue weighted by Crippen LogP contribution is 2.49. The van der Waals surface area contributed by atoms with E-state index in [9.17, 15) is 4.79 Å². The highest BCUT2D eigenvalue weighted by atomic mass is 16.2. The molecule has 0 aliphatic heterocycles. The number of benzene rings is 1. The van der Waals surface area contributed by atoms with Gasteiger partial charge < -0.3 is 10.4 Å². The van der Waals surface area contributed by atoms with Crippen molar-refractivity contribution in [2.45, 2.75) is 32.1 Å². The molecule has 2 N–H and O–H groups in total. The van der Waals surface area contributed by atoms with Gasteiger partial charge in [0.25, 0.3) is 0 Å². The number of rotatable bonds is 3. The van der Waals surface area contributed by atoms with E-state index in [1.807, 2.05) is 24.3 Å². The minimum atomic E-state index is -0.137. The lowest BCUT2D eigenvalue weighted by Gasteiger charge is -2.20. The number of fused-ring (bicyclic) bond motifs is 2. The summed E-state index contributed by atoms with van der Waals surface area (Å²) in [7, 11) is 0. The van der Waals surface area contributed by atoms with E-state index in [2.05, 4.69) is 17.2 Å². The standard InChI is InChI=1S/C18H21NO2/c20-9-1-2-13-4-7-17(8-5-13)19-18(21)12-16-11-14-3-6-15(16)10-14/h4-5,7-8,14-16,20H,3,6,9-12H2,(H,19,21). The van der Waals surface area contributed by atoms with E-state index in [0.29, 0.717) is 12.3 Å². The van der Waals surface area contributed by atoms with E-state index in [1.54, 1.807) is 0 Å². The lowest BCUT2D eigenvalue weighted by Crippen LogP contribution is -2.20. The van der Waals surface area contributed by atoms with Crippen molar-refractivity contribution in [2.75, 3.05) is 11.9 Å². The molecular formula is C18H21NO2. The lowest BCUT2D eigenvalue weighted by molar-refractivity contribution is -0.117. The van der Waals surface area contributed by atoms with Crippen molar-refractivity contribution in [3.63, 3.8) is 0 Å². The van der Waals surface area contributed by atoms with Crippen molar-refractivity contribution >= 4 is 11.6 Å². The number of nitrogens with one attached hydrogen (secondary N) is 1. The van der Waals surface area contributed by atoms with Crippen LogP contribution in [0.3, 0.4) is 0 Å². The molecule has 2 saturated carbocycles. The number of anilines is 1. The summed E-state index contributed by atoms with van der Waals surface area (Å²) in [6.07, 6.45) is 5.94. The molecule has 110 valence electrons. The van der Waals surface area contributed by atoms with Crippen LogP contribution in [0, 0.1) is 29.6 Å². The van der Waals surface area contributed by atoms with Gasteiger partial charge in [-0.3, -0.25) is 4.79 Å². The van der Waals surface area contributed by atoms with Gasteiger partial charge in [0.1, 0.15) is 6.61 Å². The zero-order valence-electron chi connectivity index (χ0n) is 12.1. The summed E-state index contributed by atoms with van der Waals surface area (Å²) in [6.45, 7) is -0.137. The fourth-order valence-corrected chi connectivity index (χ4v) is 3.86. The maximum absolute atomic E-state index is 12.1. The molecule has 0 spiro atoms. The first-order chi connectivity index (χ1) is 10.2. The first-order valence-corrected chi connectivity index (χ1v) is 7.74. The number of aliphatic hydroxyl groups excluding tert-OH is 1. The molecule has 1 amide bonds. The first-order valence-electron chi connectivity index (χ1n) is 7.74. The average molecular weight is 283 g/mol. The Morgan fingerprint density at radius 2 is 2.05 bits per heavy atom. The minimum absolute atomic E-state index is 0.127. The molecule has 2 bridgehead atoms. The fourth-order valence-electron chi connectivity index (χ4n) is 3.86. The van der Waals surface area contributed by atoms with Crippen LogP contribution in [0.1, 0.15) is 37.7 Å². The molecular weight excluding hydrogens is 262 g/mol. The molecule has 1 aromatic carbocycles. The van der Waals surface area contributed by atoms with Gasteiger partial charge in [-0.25, -0.2) is 0 Å². The summed E-state index contributed by atoms with van der Waals surface area (Å²) < 4.78 is 0. The highest BCUT2D eigenvalue weighted by molar-refractivity contribution is 5.90. The Bertz CT molecular complexity index is 567. The largest absolute Gasteiger partial charge is 0.384 e. The Balaban J connectivity index is 1.52. The van der Waals surface area contributed by atoms with Gasteiger partial charge in [-0.1, -0.05) is 18.3 Å². The van der Waals surface area contributed by atoms with Crippen LogP contribution in [0.2, 0.25) is 0 Å². The molecule has 0 heterocycles. The van der Waals surface area contributed by atoms with Crippen LogP contribution in [0.4, 0.5) is 5.69 Å². The summed E-state index contributed by atoms with van der Waals surface area (Å²) in [4.78, 5) is 12.1. The summed E-state index contributed by atoms with van der Waals surface area (Å²) in [5.74, 6) is 7.84. The number of hydrogen-bond acceptors (Lipinski definition) is 2. The van der Waals surface area contributed by atoms with E-state index in [1.165, 1.54) is 25.7 Å². The predicted molar refractivity (Wildman–Crippen MR) is 82.6 cm³/mol. The van der Waals surface area contributed by atoms with Crippen molar-refractivity contribution in [1.82, 2.24) is 0 Å². The van der Waals surface area contributed by atoms with Crippen LogP contribution >= 0.6 is 0 Å². The third kappa shape index (κ3) is 3.46. The molecule has 2 aliphatic carbocycles. The second kappa shape index (κ2) is 6.32. The molecule has 3 heteroatoms. The Labute approximate surface area is 125 Å². The van der Waals surface area contributed by atoms with Gasteiger partial charge in [-0.15, -0.1) is 0 Å². The number of carbonyl (C=O) groups is 1. The second-order valence-electron chi connectivity index (χ2n) is 6.22. The molecule has 2 fully saturated rings. The summed E-state index contributed by atoms with van der Waals surface area (Å²) >= 11 is 0. The van der Waals surface area contributed by atoms with Crippen molar-refractivity contribution in [3.8, 4) is 11.8 Å². The zero-order valence-corrected chi connectivity index (χ0v) is 12.1. The summed E-state index contributed by atoms with van der Waals surface area (Å²) in [6, 6.07) is 7.44. The van der Waals surface area contributed by atoms with Gasteiger partial charge in [-0.2, -0.15) is 0 Å². The Morgan fingerprint density at radius 3 is 2.67 bits per heavy atom. The topological polar surface area (TPSA) is 49.3 Å². The van der Waals surface area contributed by atoms with E-state index >= 15 is 0 Å². The molecule has 0 saturated heterocycles. The van der Waals surface area contributed by atoms with Crippen molar-refractivity contribution < 1.29 is 9.90 Å². The van der Waals surface area contributed by atoms with Gasteiger partial charge in [0.2, 0.25) is 5.91 Å². The number of aliphatic hydroxyl groups is 1. The van der Waals surface area contributed by atoms with Gasteiger partial charge in [0.15, 0.2) is 0 Å². The van der Waals surface area contributed by atoms with Crippen molar-refractivity contribution in [2.24, 2.45) is 17.8 Å². The highest BCUT2D eigenvalue weighted by Gasteiger charge is 2.40. The van der Waals surface area contributed by atoms with Crippen molar-refractivity contribution in [1.29, 1.82) is 0 Å². The van der Waals surface area contributed by atoms with E-state index in [4.69, 9.17) is 5.11 Å². The van der Waals surface area contributed by atoms with Crippen molar-refractivity contribution in [3.05, 3.63) is 29.8 Å². The lowest BCUT2D eigenvalue weighted by atomic mass is 9.86. The molecule has 3 unspecified atom stereocenters. The van der Waals surface area contributed by atoms with Crippen LogP contribution in [0.15, 0.2) is 24.3 Å². The third-order valence-corrected chi connectivity index (χ3v) is 4.81. The molecule has 3 nitrogen and oxygen atoms in total. The van der Waals surface area contributed by atoms with E-state index in [-0.39, 0.29) is 12.5 Å². The Kier molecular flexibility index (Phi) is 4.26. The van der Waals surface area contributed by atoms with Crippen LogP contribution in [-0.2, 0) is 4.79 Å². The molecule has 3 atom stereocenters. The van der Waals surface area contributed by atoms with Crippen LogP contribution < -0.4 is 5.32 Å². The molecule has 1 aromatic rings. The number of hydrogen-bond donors (Lipinski definition) is 2. The minimum Gasteiger partial charge on any atom is -0.384 e. The van der Waals surface area contributed by atoms with E-state index < -0.39 is 0 Å². The SMILES string of the molecule is O=C(CC1CC2CCC1C2)Nc1ccc(C#CCO)cc1. The molecule has 21 heavy (non-hydrogen) atoms. The summed E-state index contributed by atoms with van der Waals surface area (Å²) in [5.41, 5.74) is 1.66. The predicted octanol–water partition coefficient (Wildman–Crippen LogP) is 2.80. The maximum Gasteiger partial charge on any atom is 0.224 e. The summed E-state index contributed by atoms with van der Waals surface area (Å²) in [5, 5.41) is 11.6. The first kappa shape index (κ1) is 14.2. The molecule has 2 aliphatic rings. The molecule has 3 rings (SSSR count). The zero-order chi connectivity index (χ0) is 14.7. The fraction of sp³-hybridized carbons (Fsp3) is 0.500. The van der Waals surface area contributed by atoms with Gasteiger partial charge >= 0.3 is 0 Å². The number of amides is 1. The monoisotopic (exact) mass is 283 g/mol. The van der Waals surface area contributed by atoms with Crippen LogP contribution in [-0.4, -0.2) is 17.6 Å².